The molecule has 0 bridgehead atoms. The molecule has 3 aromatic rings. The van der Waals surface area contributed by atoms with Crippen LogP contribution in [0.3, 0.4) is 0 Å². The minimum Gasteiger partial charge on any atom is -0.489 e. The predicted molar refractivity (Wildman–Crippen MR) is 131 cm³/mol. The van der Waals surface area contributed by atoms with Gasteiger partial charge in [0.05, 0.1) is 15.5 Å². The summed E-state index contributed by atoms with van der Waals surface area (Å²) >= 11 is 12.7. The summed E-state index contributed by atoms with van der Waals surface area (Å²) in [5.41, 5.74) is 2.09. The molecule has 0 saturated carbocycles. The molecule has 9 heteroatoms. The molecule has 1 saturated heterocycles. The summed E-state index contributed by atoms with van der Waals surface area (Å²) in [5.74, 6) is 0.362. The number of amides is 1. The number of ether oxygens (including phenoxy) is 1. The van der Waals surface area contributed by atoms with Gasteiger partial charge in [0.25, 0.3) is 11.6 Å². The molecule has 0 spiro atoms. The first kappa shape index (κ1) is 22.0. The Morgan fingerprint density at radius 3 is 2.56 bits per heavy atom. The zero-order chi connectivity index (χ0) is 22.7. The van der Waals surface area contributed by atoms with Crippen LogP contribution in [0.4, 0.5) is 11.4 Å². The molecule has 0 unspecified atom stereocenters. The number of nitro benzene ring substituents is 1. The van der Waals surface area contributed by atoms with E-state index in [1.54, 1.807) is 6.08 Å². The van der Waals surface area contributed by atoms with Gasteiger partial charge in [-0.15, -0.1) is 0 Å². The molecule has 0 radical (unpaired) electrons. The maximum absolute atomic E-state index is 12.9. The number of halogens is 1. The van der Waals surface area contributed by atoms with Crippen molar-refractivity contribution < 1.29 is 14.5 Å². The summed E-state index contributed by atoms with van der Waals surface area (Å²) in [6, 6.07) is 20.5. The summed E-state index contributed by atoms with van der Waals surface area (Å²) in [6.07, 6.45) is 1.74. The van der Waals surface area contributed by atoms with Crippen LogP contribution in [0.15, 0.2) is 77.7 Å². The molecule has 0 N–H and O–H groups in total. The van der Waals surface area contributed by atoms with Crippen molar-refractivity contribution in [3.8, 4) is 5.75 Å². The number of non-ortho nitro benzene ring substituents is 1. The minimum absolute atomic E-state index is 0.0525. The van der Waals surface area contributed by atoms with Crippen LogP contribution in [0.5, 0.6) is 5.75 Å². The molecule has 3 aromatic carbocycles. The van der Waals surface area contributed by atoms with Crippen molar-refractivity contribution in [3.63, 3.8) is 0 Å². The Labute approximate surface area is 198 Å². The second-order valence-electron chi connectivity index (χ2n) is 6.74. The molecule has 0 aliphatic carbocycles. The zero-order valence-electron chi connectivity index (χ0n) is 16.4. The third kappa shape index (κ3) is 4.83. The van der Waals surface area contributed by atoms with Crippen molar-refractivity contribution in [2.75, 3.05) is 4.90 Å². The van der Waals surface area contributed by atoms with Gasteiger partial charge in [0.15, 0.2) is 4.32 Å². The van der Waals surface area contributed by atoms with E-state index in [9.17, 15) is 14.9 Å². The van der Waals surface area contributed by atoms with Crippen molar-refractivity contribution in [1.29, 1.82) is 0 Å². The van der Waals surface area contributed by atoms with Crippen LogP contribution in [-0.2, 0) is 11.4 Å². The summed E-state index contributed by atoms with van der Waals surface area (Å²) in [6.45, 7) is 0.325. The van der Waals surface area contributed by atoms with Gasteiger partial charge in [-0.25, -0.2) is 0 Å². The summed E-state index contributed by atoms with van der Waals surface area (Å²) < 4.78 is 6.21. The van der Waals surface area contributed by atoms with Gasteiger partial charge in [-0.2, -0.15) is 0 Å². The van der Waals surface area contributed by atoms with Crippen molar-refractivity contribution in [3.05, 3.63) is 104 Å². The lowest BCUT2D eigenvalue weighted by Crippen LogP contribution is -2.27. The number of rotatable bonds is 6. The highest BCUT2D eigenvalue weighted by molar-refractivity contribution is 8.27. The van der Waals surface area contributed by atoms with Crippen molar-refractivity contribution >= 4 is 63.3 Å². The Kier molecular flexibility index (Phi) is 6.55. The third-order valence-electron chi connectivity index (χ3n) is 4.62. The van der Waals surface area contributed by atoms with Crippen molar-refractivity contribution in [2.24, 2.45) is 0 Å². The van der Waals surface area contributed by atoms with Gasteiger partial charge in [0.1, 0.15) is 12.4 Å². The van der Waals surface area contributed by atoms with Gasteiger partial charge in [0.2, 0.25) is 0 Å². The van der Waals surface area contributed by atoms with Gasteiger partial charge in [-0.1, -0.05) is 65.9 Å². The van der Waals surface area contributed by atoms with Crippen LogP contribution in [0.2, 0.25) is 5.02 Å². The Morgan fingerprint density at radius 1 is 1.09 bits per heavy atom. The first-order chi connectivity index (χ1) is 15.4. The Morgan fingerprint density at radius 2 is 1.84 bits per heavy atom. The largest absolute Gasteiger partial charge is 0.489 e. The standard InChI is InChI=1S/C23H15ClN2O4S2/c24-20-7-2-1-5-16(20)14-30-19-6-3-4-15(12-19)13-21-22(27)25(23(31)32-21)17-8-10-18(11-9-17)26(28)29/h1-13H,14H2/b21-13+. The molecule has 6 nitrogen and oxygen atoms in total. The Bertz CT molecular complexity index is 1240. The number of anilines is 1. The average molecular weight is 483 g/mol. The molecule has 1 aliphatic heterocycles. The second-order valence-corrected chi connectivity index (χ2v) is 8.83. The summed E-state index contributed by atoms with van der Waals surface area (Å²) in [7, 11) is 0. The minimum atomic E-state index is -0.491. The van der Waals surface area contributed by atoms with E-state index in [0.29, 0.717) is 32.3 Å². The van der Waals surface area contributed by atoms with E-state index in [2.05, 4.69) is 0 Å². The zero-order valence-corrected chi connectivity index (χ0v) is 18.8. The van der Waals surface area contributed by atoms with Gasteiger partial charge >= 0.3 is 0 Å². The van der Waals surface area contributed by atoms with Crippen LogP contribution in [0.1, 0.15) is 11.1 Å². The lowest BCUT2D eigenvalue weighted by Gasteiger charge is -2.14. The number of carbonyl (C=O) groups excluding carboxylic acids is 1. The molecule has 32 heavy (non-hydrogen) atoms. The molecular formula is C23H15ClN2O4S2. The number of benzene rings is 3. The second kappa shape index (κ2) is 9.52. The van der Waals surface area contributed by atoms with Crippen LogP contribution < -0.4 is 9.64 Å². The first-order valence-corrected chi connectivity index (χ1v) is 11.0. The smallest absolute Gasteiger partial charge is 0.270 e. The lowest BCUT2D eigenvalue weighted by molar-refractivity contribution is -0.384. The van der Waals surface area contributed by atoms with Crippen LogP contribution in [-0.4, -0.2) is 15.2 Å². The highest BCUT2D eigenvalue weighted by Crippen LogP contribution is 2.36. The molecule has 160 valence electrons. The molecule has 1 amide bonds. The number of thiocarbonyl (C=S) groups is 1. The molecule has 1 fully saturated rings. The van der Waals surface area contributed by atoms with E-state index in [1.165, 1.54) is 40.9 Å². The fraction of sp³-hybridized carbons (Fsp3) is 0.0435. The monoisotopic (exact) mass is 482 g/mol. The number of nitrogens with zero attached hydrogens (tertiary/aromatic N) is 2. The van der Waals surface area contributed by atoms with E-state index in [-0.39, 0.29) is 11.6 Å². The van der Waals surface area contributed by atoms with Crippen molar-refractivity contribution in [2.45, 2.75) is 6.61 Å². The average Bonchev–Trinajstić information content (AvgIpc) is 3.06. The number of hydrogen-bond acceptors (Lipinski definition) is 6. The van der Waals surface area contributed by atoms with E-state index >= 15 is 0 Å². The van der Waals surface area contributed by atoms with Crippen LogP contribution >= 0.6 is 35.6 Å². The molecule has 1 heterocycles. The normalized spacial score (nSPS) is 14.8. The van der Waals surface area contributed by atoms with Gasteiger partial charge < -0.3 is 4.74 Å². The number of carbonyl (C=O) groups is 1. The number of thioether (sulfide) groups is 1. The number of nitro groups is 1. The third-order valence-corrected chi connectivity index (χ3v) is 6.29. The molecule has 0 atom stereocenters. The highest BCUT2D eigenvalue weighted by atomic mass is 35.5. The van der Waals surface area contributed by atoms with Gasteiger partial charge in [0, 0.05) is 22.7 Å². The quantitative estimate of drug-likeness (QED) is 0.179. The highest BCUT2D eigenvalue weighted by Gasteiger charge is 2.33. The van der Waals surface area contributed by atoms with E-state index in [1.807, 2.05) is 48.5 Å². The van der Waals surface area contributed by atoms with E-state index in [0.717, 1.165) is 11.1 Å². The van der Waals surface area contributed by atoms with E-state index in [4.69, 9.17) is 28.6 Å². The topological polar surface area (TPSA) is 72.7 Å². The molecule has 1 aliphatic rings. The van der Waals surface area contributed by atoms with Crippen LogP contribution in [0, 0.1) is 10.1 Å². The fourth-order valence-electron chi connectivity index (χ4n) is 3.04. The van der Waals surface area contributed by atoms with Crippen molar-refractivity contribution in [1.82, 2.24) is 0 Å². The summed E-state index contributed by atoms with van der Waals surface area (Å²) in [4.78, 5) is 25.1. The summed E-state index contributed by atoms with van der Waals surface area (Å²) in [5, 5.41) is 11.5. The SMILES string of the molecule is O=C1/C(=C\c2cccc(OCc3ccccc3Cl)c2)SC(=S)N1c1ccc([N+](=O)[O-])cc1. The van der Waals surface area contributed by atoms with E-state index < -0.39 is 4.92 Å². The van der Waals surface area contributed by atoms with Gasteiger partial charge in [-0.3, -0.25) is 19.8 Å². The fourth-order valence-corrected chi connectivity index (χ4v) is 4.53. The number of hydrogen-bond donors (Lipinski definition) is 0. The lowest BCUT2D eigenvalue weighted by atomic mass is 10.2. The maximum atomic E-state index is 12.9. The molecule has 4 rings (SSSR count). The van der Waals surface area contributed by atoms with Gasteiger partial charge in [-0.05, 0) is 42.0 Å². The Hall–Kier alpha value is -3.20. The predicted octanol–water partition coefficient (Wildman–Crippen LogP) is 6.23. The van der Waals surface area contributed by atoms with Crippen LogP contribution in [0.25, 0.3) is 6.08 Å². The first-order valence-electron chi connectivity index (χ1n) is 9.41. The Balaban J connectivity index is 1.51. The maximum Gasteiger partial charge on any atom is 0.270 e. The molecule has 0 aromatic heterocycles. The molecular weight excluding hydrogens is 468 g/mol.